The van der Waals surface area contributed by atoms with Crippen molar-refractivity contribution < 1.29 is 18.3 Å². The number of hydrogen-bond donors (Lipinski definition) is 2. The maximum atomic E-state index is 12.9. The Labute approximate surface area is 198 Å². The molecule has 0 amide bonds. The minimum absolute atomic E-state index is 0. The number of fused-ring (bicyclic) bond motifs is 3. The molecule has 31 heavy (non-hydrogen) atoms. The predicted molar refractivity (Wildman–Crippen MR) is 128 cm³/mol. The molecule has 2 aromatic carbocycles. The van der Waals surface area contributed by atoms with E-state index in [2.05, 4.69) is 39.9 Å². The van der Waals surface area contributed by atoms with Crippen molar-refractivity contribution in [2.24, 2.45) is 16.8 Å². The normalized spacial score (nSPS) is 21.1. The third kappa shape index (κ3) is 5.22. The summed E-state index contributed by atoms with van der Waals surface area (Å²) in [4.78, 5) is 4.26. The summed E-state index contributed by atoms with van der Waals surface area (Å²) >= 11 is 0. The van der Waals surface area contributed by atoms with Crippen molar-refractivity contribution in [2.75, 3.05) is 20.2 Å². The molecule has 3 atom stereocenters. The lowest BCUT2D eigenvalue weighted by Gasteiger charge is -2.17. The zero-order valence-corrected chi connectivity index (χ0v) is 19.9. The minimum atomic E-state index is -2.92. The zero-order chi connectivity index (χ0) is 21.1. The van der Waals surface area contributed by atoms with Crippen LogP contribution in [0, 0.1) is 11.8 Å². The molecule has 0 spiro atoms. The predicted octanol–water partition coefficient (Wildman–Crippen LogP) is 4.56. The van der Waals surface area contributed by atoms with Gasteiger partial charge >= 0.3 is 6.61 Å². The van der Waals surface area contributed by atoms with Crippen LogP contribution in [0.1, 0.15) is 29.5 Å². The van der Waals surface area contributed by atoms with Crippen LogP contribution < -0.4 is 20.1 Å². The lowest BCUT2D eigenvalue weighted by Crippen LogP contribution is -2.38. The molecule has 8 heteroatoms. The summed E-state index contributed by atoms with van der Waals surface area (Å²) < 4.78 is 35.9. The molecule has 1 saturated carbocycles. The second kappa shape index (κ2) is 10.5. The average Bonchev–Trinajstić information content (AvgIpc) is 3.27. The Morgan fingerprint density at radius 3 is 2.71 bits per heavy atom. The Bertz CT molecular complexity index is 925. The summed E-state index contributed by atoms with van der Waals surface area (Å²) in [6.45, 7) is 0.382. The van der Waals surface area contributed by atoms with Gasteiger partial charge in [0.1, 0.15) is 0 Å². The SMILES string of the molecule is CCOc1cccc(CNC(=NC)NCC2C3Cc4ccccc4C23)c1OC(F)F.I. The molecule has 1 fully saturated rings. The molecule has 2 N–H and O–H groups in total. The topological polar surface area (TPSA) is 54.9 Å². The highest BCUT2D eigenvalue weighted by molar-refractivity contribution is 14.0. The van der Waals surface area contributed by atoms with Crippen LogP contribution >= 0.6 is 24.0 Å². The molecule has 0 heterocycles. The number of hydrogen-bond acceptors (Lipinski definition) is 3. The molecule has 4 rings (SSSR count). The van der Waals surface area contributed by atoms with Crippen molar-refractivity contribution in [3.8, 4) is 11.5 Å². The fourth-order valence-electron chi connectivity index (χ4n) is 4.57. The van der Waals surface area contributed by atoms with Crippen LogP contribution in [0.4, 0.5) is 8.78 Å². The van der Waals surface area contributed by atoms with Gasteiger partial charge in [-0.05, 0) is 48.3 Å². The number of benzene rings is 2. The van der Waals surface area contributed by atoms with Crippen molar-refractivity contribution in [1.82, 2.24) is 10.6 Å². The molecule has 0 bridgehead atoms. The first-order chi connectivity index (χ1) is 14.6. The highest BCUT2D eigenvalue weighted by atomic mass is 127. The number of rotatable bonds is 8. The van der Waals surface area contributed by atoms with E-state index < -0.39 is 6.61 Å². The fourth-order valence-corrected chi connectivity index (χ4v) is 4.57. The van der Waals surface area contributed by atoms with Crippen molar-refractivity contribution in [3.05, 3.63) is 59.2 Å². The van der Waals surface area contributed by atoms with Crippen LogP contribution in [0.5, 0.6) is 11.5 Å². The van der Waals surface area contributed by atoms with Crippen LogP contribution in [0.3, 0.4) is 0 Å². The van der Waals surface area contributed by atoms with E-state index in [9.17, 15) is 8.78 Å². The molecule has 2 aliphatic rings. The van der Waals surface area contributed by atoms with Crippen molar-refractivity contribution >= 4 is 29.9 Å². The van der Waals surface area contributed by atoms with E-state index >= 15 is 0 Å². The lowest BCUT2D eigenvalue weighted by atomic mass is 10.0. The summed E-state index contributed by atoms with van der Waals surface area (Å²) in [6, 6.07) is 13.8. The summed E-state index contributed by atoms with van der Waals surface area (Å²) in [6.07, 6.45) is 1.15. The van der Waals surface area contributed by atoms with Gasteiger partial charge in [-0.25, -0.2) is 0 Å². The molecule has 0 aromatic heterocycles. The molecule has 2 aromatic rings. The summed E-state index contributed by atoms with van der Waals surface area (Å²) in [5.74, 6) is 2.97. The number of nitrogens with one attached hydrogen (secondary N) is 2. The van der Waals surface area contributed by atoms with Gasteiger partial charge in [0.05, 0.1) is 6.61 Å². The van der Waals surface area contributed by atoms with Crippen LogP contribution in [-0.2, 0) is 13.0 Å². The van der Waals surface area contributed by atoms with E-state index in [4.69, 9.17) is 9.47 Å². The monoisotopic (exact) mass is 543 g/mol. The fraction of sp³-hybridized carbons (Fsp3) is 0.435. The van der Waals surface area contributed by atoms with Crippen molar-refractivity contribution in [3.63, 3.8) is 0 Å². The van der Waals surface area contributed by atoms with Crippen molar-refractivity contribution in [2.45, 2.75) is 32.4 Å². The molecular formula is C23H28F2IN3O2. The highest BCUT2D eigenvalue weighted by Crippen LogP contribution is 2.60. The third-order valence-electron chi connectivity index (χ3n) is 5.94. The van der Waals surface area contributed by atoms with Gasteiger partial charge in [0.2, 0.25) is 0 Å². The number of ether oxygens (including phenoxy) is 2. The van der Waals surface area contributed by atoms with E-state index in [1.165, 1.54) is 11.1 Å². The summed E-state index contributed by atoms with van der Waals surface area (Å²) in [5.41, 5.74) is 3.55. The smallest absolute Gasteiger partial charge is 0.387 e. The van der Waals surface area contributed by atoms with Gasteiger partial charge in [-0.3, -0.25) is 4.99 Å². The lowest BCUT2D eigenvalue weighted by molar-refractivity contribution is -0.0520. The molecule has 0 aliphatic heterocycles. The largest absolute Gasteiger partial charge is 0.490 e. The van der Waals surface area contributed by atoms with E-state index in [0.717, 1.165) is 13.0 Å². The first-order valence-electron chi connectivity index (χ1n) is 10.3. The molecule has 0 radical (unpaired) electrons. The van der Waals surface area contributed by atoms with Crippen molar-refractivity contribution in [1.29, 1.82) is 0 Å². The van der Waals surface area contributed by atoms with Crippen LogP contribution in [0.2, 0.25) is 0 Å². The summed E-state index contributed by atoms with van der Waals surface area (Å²) in [7, 11) is 1.70. The van der Waals surface area contributed by atoms with Crippen LogP contribution in [0.15, 0.2) is 47.5 Å². The number of alkyl halides is 2. The average molecular weight is 543 g/mol. The van der Waals surface area contributed by atoms with Gasteiger partial charge in [-0.15, -0.1) is 24.0 Å². The maximum Gasteiger partial charge on any atom is 0.387 e. The van der Waals surface area contributed by atoms with Crippen LogP contribution in [0.25, 0.3) is 0 Å². The van der Waals surface area contributed by atoms with Gasteiger partial charge < -0.3 is 20.1 Å². The molecule has 2 aliphatic carbocycles. The molecule has 5 nitrogen and oxygen atoms in total. The number of para-hydroxylation sites is 1. The first kappa shape index (κ1) is 23.6. The number of nitrogens with zero attached hydrogens (tertiary/aromatic N) is 1. The van der Waals surface area contributed by atoms with E-state index in [1.54, 1.807) is 32.2 Å². The third-order valence-corrected chi connectivity index (χ3v) is 5.94. The Morgan fingerprint density at radius 2 is 1.97 bits per heavy atom. The zero-order valence-electron chi connectivity index (χ0n) is 17.6. The van der Waals surface area contributed by atoms with Gasteiger partial charge in [-0.1, -0.05) is 36.4 Å². The van der Waals surface area contributed by atoms with Crippen LogP contribution in [-0.4, -0.2) is 32.8 Å². The Balaban J connectivity index is 0.00000272. The van der Waals surface area contributed by atoms with Gasteiger partial charge in [-0.2, -0.15) is 8.78 Å². The summed E-state index contributed by atoms with van der Waals surface area (Å²) in [5, 5.41) is 6.57. The first-order valence-corrected chi connectivity index (χ1v) is 10.3. The minimum Gasteiger partial charge on any atom is -0.490 e. The van der Waals surface area contributed by atoms with E-state index in [1.807, 2.05) is 0 Å². The second-order valence-corrected chi connectivity index (χ2v) is 7.62. The number of halogens is 3. The van der Waals surface area contributed by atoms with Gasteiger partial charge in [0.15, 0.2) is 17.5 Å². The second-order valence-electron chi connectivity index (χ2n) is 7.62. The maximum absolute atomic E-state index is 12.9. The quantitative estimate of drug-likeness (QED) is 0.292. The molecule has 3 unspecified atom stereocenters. The molecular weight excluding hydrogens is 515 g/mol. The molecule has 0 saturated heterocycles. The number of guanidine groups is 1. The number of aliphatic imine (C=N–C) groups is 1. The van der Waals surface area contributed by atoms with E-state index in [0.29, 0.717) is 48.2 Å². The standard InChI is InChI=1S/C23H27F2N3O2.HI/c1-3-29-19-10-6-8-15(21(19)30-22(24)25)12-27-23(26-2)28-13-18-17-11-14-7-4-5-9-16(14)20(17)18;/h4-10,17-18,20,22H,3,11-13H2,1-2H3,(H2,26,27,28);1H. The van der Waals surface area contributed by atoms with Gasteiger partial charge in [0, 0.05) is 25.7 Å². The Hall–Kier alpha value is -2.10. The van der Waals surface area contributed by atoms with E-state index in [-0.39, 0.29) is 29.7 Å². The Kier molecular flexibility index (Phi) is 7.96. The Morgan fingerprint density at radius 1 is 1.16 bits per heavy atom. The van der Waals surface area contributed by atoms with Gasteiger partial charge in [0.25, 0.3) is 0 Å². The molecule has 168 valence electrons. The highest BCUT2D eigenvalue weighted by Gasteiger charge is 2.54.